The van der Waals surface area contributed by atoms with Gasteiger partial charge in [-0.25, -0.2) is 0 Å². The van der Waals surface area contributed by atoms with E-state index in [4.69, 9.17) is 27.9 Å². The number of nitrogens with one attached hydrogen (secondary N) is 1. The van der Waals surface area contributed by atoms with Gasteiger partial charge in [0.25, 0.3) is 0 Å². The molecule has 1 aromatic carbocycles. The fourth-order valence-electron chi connectivity index (χ4n) is 2.23. The molecule has 0 aliphatic heterocycles. The molecule has 0 heterocycles. The first-order chi connectivity index (χ1) is 10.6. The summed E-state index contributed by atoms with van der Waals surface area (Å²) in [5.74, 6) is 0.390. The van der Waals surface area contributed by atoms with E-state index in [1.54, 1.807) is 18.2 Å². The van der Waals surface area contributed by atoms with Crippen LogP contribution in [0, 0.1) is 5.92 Å². The summed E-state index contributed by atoms with van der Waals surface area (Å²) < 4.78 is 5.43. The summed E-state index contributed by atoms with van der Waals surface area (Å²) in [6.07, 6.45) is 5.84. The van der Waals surface area contributed by atoms with Crippen molar-refractivity contribution in [2.24, 2.45) is 5.92 Å². The molecule has 4 nitrogen and oxygen atoms in total. The number of carbonyl (C=O) groups excluding carboxylic acids is 1. The van der Waals surface area contributed by atoms with Crippen molar-refractivity contribution < 1.29 is 14.6 Å². The number of hydrogen-bond donors (Lipinski definition) is 2. The molecule has 1 aliphatic rings. The van der Waals surface area contributed by atoms with Crippen molar-refractivity contribution in [1.29, 1.82) is 0 Å². The molecule has 0 unspecified atom stereocenters. The van der Waals surface area contributed by atoms with Crippen molar-refractivity contribution in [3.05, 3.63) is 40.4 Å². The second-order valence-corrected chi connectivity index (χ2v) is 6.03. The largest absolute Gasteiger partial charge is 0.489 e. The fraction of sp³-hybridized carbons (Fsp3) is 0.438. The first kappa shape index (κ1) is 17.1. The zero-order valence-electron chi connectivity index (χ0n) is 12.1. The van der Waals surface area contributed by atoms with E-state index < -0.39 is 6.10 Å². The van der Waals surface area contributed by atoms with Gasteiger partial charge >= 0.3 is 0 Å². The van der Waals surface area contributed by atoms with Gasteiger partial charge in [0.2, 0.25) is 5.91 Å². The summed E-state index contributed by atoms with van der Waals surface area (Å²) in [7, 11) is 0. The minimum atomic E-state index is -0.807. The number of aliphatic hydroxyl groups is 1. The lowest BCUT2D eigenvalue weighted by atomic mass is 9.94. The standard InChI is InChI=1S/C16H19Cl2NO3/c17-13-7-4-8-14(15(13)18)22-10-12(20)9-19-16(21)11-5-2-1-3-6-11/h1-2,4,7-8,11-12,20H,3,5-6,9-10H2,(H,19,21)/t11-,12+/m1/s1. The maximum Gasteiger partial charge on any atom is 0.223 e. The third-order valence-corrected chi connectivity index (χ3v) is 4.30. The number of halogens is 2. The SMILES string of the molecule is O=C(NC[C@H](O)COc1cccc(Cl)c1Cl)[C@@H]1CC=CCC1. The van der Waals surface area contributed by atoms with Crippen LogP contribution in [0.3, 0.4) is 0 Å². The van der Waals surface area contributed by atoms with Gasteiger partial charge < -0.3 is 15.2 Å². The van der Waals surface area contributed by atoms with Crippen LogP contribution >= 0.6 is 23.2 Å². The van der Waals surface area contributed by atoms with Crippen LogP contribution in [0.1, 0.15) is 19.3 Å². The molecule has 2 N–H and O–H groups in total. The summed E-state index contributed by atoms with van der Waals surface area (Å²) in [5, 5.41) is 13.4. The van der Waals surface area contributed by atoms with E-state index in [1.165, 1.54) is 0 Å². The molecule has 1 amide bonds. The predicted molar refractivity (Wildman–Crippen MR) is 87.5 cm³/mol. The minimum Gasteiger partial charge on any atom is -0.489 e. The molecule has 0 saturated heterocycles. The van der Waals surface area contributed by atoms with Gasteiger partial charge in [-0.1, -0.05) is 41.4 Å². The van der Waals surface area contributed by atoms with Gasteiger partial charge in [0.05, 0.1) is 5.02 Å². The molecule has 0 bridgehead atoms. The average Bonchev–Trinajstić information content (AvgIpc) is 2.54. The summed E-state index contributed by atoms with van der Waals surface area (Å²) in [4.78, 5) is 11.9. The van der Waals surface area contributed by atoms with Gasteiger partial charge in [0.15, 0.2) is 0 Å². The van der Waals surface area contributed by atoms with Gasteiger partial charge in [-0.2, -0.15) is 0 Å². The average molecular weight is 344 g/mol. The van der Waals surface area contributed by atoms with Gasteiger partial charge in [-0.05, 0) is 31.4 Å². The van der Waals surface area contributed by atoms with Gasteiger partial charge in [0.1, 0.15) is 23.5 Å². The highest BCUT2D eigenvalue weighted by atomic mass is 35.5. The molecule has 1 aromatic rings. The van der Waals surface area contributed by atoms with Gasteiger partial charge in [-0.3, -0.25) is 4.79 Å². The van der Waals surface area contributed by atoms with Gasteiger partial charge in [0, 0.05) is 12.5 Å². The predicted octanol–water partition coefficient (Wildman–Crippen LogP) is 3.21. The smallest absolute Gasteiger partial charge is 0.223 e. The van der Waals surface area contributed by atoms with Crippen LogP contribution in [-0.2, 0) is 4.79 Å². The lowest BCUT2D eigenvalue weighted by Gasteiger charge is -2.19. The molecule has 120 valence electrons. The Morgan fingerprint density at radius 3 is 2.95 bits per heavy atom. The summed E-state index contributed by atoms with van der Waals surface area (Å²) in [5.41, 5.74) is 0. The second-order valence-electron chi connectivity index (χ2n) is 5.24. The first-order valence-corrected chi connectivity index (χ1v) is 8.01. The number of aliphatic hydroxyl groups excluding tert-OH is 1. The number of ether oxygens (including phenoxy) is 1. The van der Waals surface area contributed by atoms with Crippen LogP contribution in [-0.4, -0.2) is 30.3 Å². The number of rotatable bonds is 6. The van der Waals surface area contributed by atoms with Crippen molar-refractivity contribution in [3.8, 4) is 5.75 Å². The van der Waals surface area contributed by atoms with E-state index in [-0.39, 0.29) is 25.0 Å². The second kappa shape index (κ2) is 8.42. The molecular formula is C16H19Cl2NO3. The molecule has 2 rings (SSSR count). The van der Waals surface area contributed by atoms with E-state index >= 15 is 0 Å². The van der Waals surface area contributed by atoms with E-state index in [0.717, 1.165) is 19.3 Å². The lowest BCUT2D eigenvalue weighted by Crippen LogP contribution is -2.38. The number of benzene rings is 1. The first-order valence-electron chi connectivity index (χ1n) is 7.25. The molecule has 2 atom stereocenters. The molecule has 0 aromatic heterocycles. The Bertz CT molecular complexity index is 548. The van der Waals surface area contributed by atoms with Crippen LogP contribution in [0.2, 0.25) is 10.0 Å². The summed E-state index contributed by atoms with van der Waals surface area (Å²) >= 11 is 11.9. The molecule has 0 fully saturated rings. The Labute approximate surface area is 140 Å². The lowest BCUT2D eigenvalue weighted by molar-refractivity contribution is -0.125. The number of carbonyl (C=O) groups is 1. The van der Waals surface area contributed by atoms with E-state index in [1.807, 2.05) is 6.08 Å². The molecule has 0 radical (unpaired) electrons. The van der Waals surface area contributed by atoms with Gasteiger partial charge in [-0.15, -0.1) is 0 Å². The van der Waals surface area contributed by atoms with Crippen molar-refractivity contribution >= 4 is 29.1 Å². The Hall–Kier alpha value is -1.23. The molecular weight excluding hydrogens is 325 g/mol. The normalized spacial score (nSPS) is 18.8. The third kappa shape index (κ3) is 4.90. The zero-order valence-corrected chi connectivity index (χ0v) is 13.6. The highest BCUT2D eigenvalue weighted by Crippen LogP contribution is 2.31. The fourth-order valence-corrected chi connectivity index (χ4v) is 2.58. The minimum absolute atomic E-state index is 0.000456. The van der Waals surface area contributed by atoms with E-state index in [2.05, 4.69) is 11.4 Å². The monoisotopic (exact) mass is 343 g/mol. The van der Waals surface area contributed by atoms with Crippen molar-refractivity contribution in [2.75, 3.05) is 13.2 Å². The topological polar surface area (TPSA) is 58.6 Å². The van der Waals surface area contributed by atoms with Crippen molar-refractivity contribution in [1.82, 2.24) is 5.32 Å². The van der Waals surface area contributed by atoms with E-state index in [9.17, 15) is 9.90 Å². The molecule has 6 heteroatoms. The van der Waals surface area contributed by atoms with Crippen molar-refractivity contribution in [2.45, 2.75) is 25.4 Å². The van der Waals surface area contributed by atoms with Crippen LogP contribution in [0.25, 0.3) is 0 Å². The maximum absolute atomic E-state index is 11.9. The highest BCUT2D eigenvalue weighted by Gasteiger charge is 2.19. The summed E-state index contributed by atoms with van der Waals surface area (Å²) in [6.45, 7) is 0.183. The van der Waals surface area contributed by atoms with Crippen LogP contribution in [0.5, 0.6) is 5.75 Å². The summed E-state index contributed by atoms with van der Waals surface area (Å²) in [6, 6.07) is 5.05. The molecule has 0 saturated carbocycles. The number of hydrogen-bond acceptors (Lipinski definition) is 3. The van der Waals surface area contributed by atoms with Crippen molar-refractivity contribution in [3.63, 3.8) is 0 Å². The Balaban J connectivity index is 1.73. The maximum atomic E-state index is 11.9. The van der Waals surface area contributed by atoms with E-state index in [0.29, 0.717) is 15.8 Å². The number of allylic oxidation sites excluding steroid dienone is 2. The Morgan fingerprint density at radius 2 is 2.23 bits per heavy atom. The molecule has 0 spiro atoms. The van der Waals surface area contributed by atoms with Crippen LogP contribution < -0.4 is 10.1 Å². The Kier molecular flexibility index (Phi) is 6.55. The highest BCUT2D eigenvalue weighted by molar-refractivity contribution is 6.42. The Morgan fingerprint density at radius 1 is 1.41 bits per heavy atom. The van der Waals surface area contributed by atoms with Crippen LogP contribution in [0.15, 0.2) is 30.4 Å². The zero-order chi connectivity index (χ0) is 15.9. The molecule has 1 aliphatic carbocycles. The van der Waals surface area contributed by atoms with Crippen LogP contribution in [0.4, 0.5) is 0 Å². The number of amides is 1. The third-order valence-electron chi connectivity index (χ3n) is 3.50. The molecule has 22 heavy (non-hydrogen) atoms. The quantitative estimate of drug-likeness (QED) is 0.779.